The minimum Gasteiger partial charge on any atom is -0.326 e. The quantitative estimate of drug-likeness (QED) is 0.849. The van der Waals surface area contributed by atoms with Crippen LogP contribution < -0.4 is 10.6 Å². The van der Waals surface area contributed by atoms with Crippen molar-refractivity contribution in [2.45, 2.75) is 6.92 Å². The molecule has 108 valence electrons. The van der Waals surface area contributed by atoms with Crippen molar-refractivity contribution in [3.8, 4) is 0 Å². The third-order valence-electron chi connectivity index (χ3n) is 2.57. The summed E-state index contributed by atoms with van der Waals surface area (Å²) >= 11 is 9.22. The first-order chi connectivity index (χ1) is 9.94. The summed E-state index contributed by atoms with van der Waals surface area (Å²) in [6.07, 6.45) is 0. The van der Waals surface area contributed by atoms with Gasteiger partial charge in [-0.2, -0.15) is 0 Å². The predicted molar refractivity (Wildman–Crippen MR) is 87.9 cm³/mol. The Hall–Kier alpha value is -1.85. The van der Waals surface area contributed by atoms with Crippen LogP contribution in [0.25, 0.3) is 0 Å². The Morgan fingerprint density at radius 2 is 1.71 bits per heavy atom. The minimum absolute atomic E-state index is 0.169. The maximum atomic E-state index is 12.2. The van der Waals surface area contributed by atoms with E-state index >= 15 is 0 Å². The maximum absolute atomic E-state index is 12.2. The Bertz CT molecular complexity index is 684. The Morgan fingerprint density at radius 3 is 2.33 bits per heavy atom. The third-order valence-corrected chi connectivity index (χ3v) is 3.24. The molecular weight excluding hydrogens is 356 g/mol. The van der Waals surface area contributed by atoms with Gasteiger partial charge in [0.25, 0.3) is 5.91 Å². The fraction of sp³-hybridized carbons (Fsp3) is 0.0667. The summed E-state index contributed by atoms with van der Waals surface area (Å²) in [5.74, 6) is -0.449. The molecule has 2 amide bonds. The fourth-order valence-electron chi connectivity index (χ4n) is 1.77. The van der Waals surface area contributed by atoms with E-state index in [2.05, 4.69) is 26.6 Å². The zero-order valence-corrected chi connectivity index (χ0v) is 13.5. The summed E-state index contributed by atoms with van der Waals surface area (Å²) in [5, 5.41) is 5.89. The highest BCUT2D eigenvalue weighted by Gasteiger charge is 2.08. The number of halogens is 2. The number of nitrogens with one attached hydrogen (secondary N) is 2. The van der Waals surface area contributed by atoms with E-state index in [9.17, 15) is 9.59 Å². The third kappa shape index (κ3) is 4.58. The molecule has 2 N–H and O–H groups in total. The molecule has 0 aliphatic heterocycles. The first kappa shape index (κ1) is 15.5. The summed E-state index contributed by atoms with van der Waals surface area (Å²) < 4.78 is 0.729. The largest absolute Gasteiger partial charge is 0.326 e. The van der Waals surface area contributed by atoms with Crippen LogP contribution in [0.1, 0.15) is 17.3 Å². The Labute approximate surface area is 135 Å². The van der Waals surface area contributed by atoms with Gasteiger partial charge in [-0.05, 0) is 36.4 Å². The van der Waals surface area contributed by atoms with E-state index in [0.717, 1.165) is 4.47 Å². The number of amides is 2. The summed E-state index contributed by atoms with van der Waals surface area (Å²) in [7, 11) is 0. The molecule has 2 aromatic rings. The van der Waals surface area contributed by atoms with E-state index in [0.29, 0.717) is 22.0 Å². The van der Waals surface area contributed by atoms with Crippen LogP contribution in [0.4, 0.5) is 11.4 Å². The number of rotatable bonds is 3. The fourth-order valence-corrected chi connectivity index (χ4v) is 2.63. The normalized spacial score (nSPS) is 10.0. The SMILES string of the molecule is CC(=O)Nc1cccc(NC(=O)c2cc(Cl)cc(Br)c2)c1. The molecule has 0 aliphatic carbocycles. The van der Waals surface area contributed by atoms with Crippen LogP contribution in [0, 0.1) is 0 Å². The number of carbonyl (C=O) groups is 2. The Balaban J connectivity index is 2.17. The maximum Gasteiger partial charge on any atom is 0.255 e. The van der Waals surface area contributed by atoms with Crippen molar-refractivity contribution < 1.29 is 9.59 Å². The molecule has 0 atom stereocenters. The molecule has 21 heavy (non-hydrogen) atoms. The molecular formula is C15H12BrClN2O2. The molecule has 0 bridgehead atoms. The van der Waals surface area contributed by atoms with E-state index in [1.54, 1.807) is 42.5 Å². The van der Waals surface area contributed by atoms with Crippen LogP contribution in [-0.4, -0.2) is 11.8 Å². The molecule has 0 saturated carbocycles. The van der Waals surface area contributed by atoms with E-state index in [1.807, 2.05) is 0 Å². The van der Waals surface area contributed by atoms with Crippen LogP contribution in [0.2, 0.25) is 5.02 Å². The number of anilines is 2. The number of carbonyl (C=O) groups excluding carboxylic acids is 2. The smallest absolute Gasteiger partial charge is 0.255 e. The van der Waals surface area contributed by atoms with E-state index in [4.69, 9.17) is 11.6 Å². The van der Waals surface area contributed by atoms with Crippen molar-refractivity contribution >= 4 is 50.7 Å². The monoisotopic (exact) mass is 366 g/mol. The molecule has 0 unspecified atom stereocenters. The van der Waals surface area contributed by atoms with Gasteiger partial charge in [0, 0.05) is 33.4 Å². The molecule has 0 fully saturated rings. The van der Waals surface area contributed by atoms with Gasteiger partial charge in [0.2, 0.25) is 5.91 Å². The number of hydrogen-bond donors (Lipinski definition) is 2. The Morgan fingerprint density at radius 1 is 1.05 bits per heavy atom. The van der Waals surface area contributed by atoms with Gasteiger partial charge < -0.3 is 10.6 Å². The van der Waals surface area contributed by atoms with Gasteiger partial charge in [0.15, 0.2) is 0 Å². The van der Waals surface area contributed by atoms with Gasteiger partial charge in [-0.25, -0.2) is 0 Å². The van der Waals surface area contributed by atoms with Crippen LogP contribution in [-0.2, 0) is 4.79 Å². The molecule has 2 rings (SSSR count). The lowest BCUT2D eigenvalue weighted by molar-refractivity contribution is -0.114. The second-order valence-corrected chi connectivity index (χ2v) is 5.73. The lowest BCUT2D eigenvalue weighted by atomic mass is 10.2. The van der Waals surface area contributed by atoms with Crippen molar-refractivity contribution in [3.05, 3.63) is 57.5 Å². The predicted octanol–water partition coefficient (Wildman–Crippen LogP) is 4.31. The first-order valence-corrected chi connectivity index (χ1v) is 7.26. The van der Waals surface area contributed by atoms with Crippen molar-refractivity contribution in [2.75, 3.05) is 10.6 Å². The van der Waals surface area contributed by atoms with Gasteiger partial charge in [0.05, 0.1) is 0 Å². The molecule has 0 saturated heterocycles. The van der Waals surface area contributed by atoms with Crippen LogP contribution in [0.3, 0.4) is 0 Å². The molecule has 0 aromatic heterocycles. The van der Waals surface area contributed by atoms with Crippen molar-refractivity contribution in [3.63, 3.8) is 0 Å². The van der Waals surface area contributed by atoms with Crippen LogP contribution in [0.15, 0.2) is 46.9 Å². The van der Waals surface area contributed by atoms with Gasteiger partial charge in [0.1, 0.15) is 0 Å². The summed E-state index contributed by atoms with van der Waals surface area (Å²) in [5.41, 5.74) is 1.65. The molecule has 0 aliphatic rings. The zero-order valence-electron chi connectivity index (χ0n) is 11.1. The van der Waals surface area contributed by atoms with E-state index < -0.39 is 0 Å². The van der Waals surface area contributed by atoms with Crippen molar-refractivity contribution in [2.24, 2.45) is 0 Å². The topological polar surface area (TPSA) is 58.2 Å². The molecule has 0 radical (unpaired) electrons. The zero-order chi connectivity index (χ0) is 15.4. The van der Waals surface area contributed by atoms with Crippen molar-refractivity contribution in [1.29, 1.82) is 0 Å². The summed E-state index contributed by atoms with van der Waals surface area (Å²) in [6, 6.07) is 11.9. The van der Waals surface area contributed by atoms with Crippen LogP contribution in [0.5, 0.6) is 0 Å². The summed E-state index contributed by atoms with van der Waals surface area (Å²) in [6.45, 7) is 1.43. The van der Waals surface area contributed by atoms with E-state index in [-0.39, 0.29) is 11.8 Å². The van der Waals surface area contributed by atoms with E-state index in [1.165, 1.54) is 6.92 Å². The minimum atomic E-state index is -0.279. The average molecular weight is 368 g/mol. The van der Waals surface area contributed by atoms with Gasteiger partial charge in [-0.3, -0.25) is 9.59 Å². The summed E-state index contributed by atoms with van der Waals surface area (Å²) in [4.78, 5) is 23.2. The lowest BCUT2D eigenvalue weighted by Gasteiger charge is -2.08. The highest BCUT2D eigenvalue weighted by atomic mass is 79.9. The standard InChI is InChI=1S/C15H12BrClN2O2/c1-9(20)18-13-3-2-4-14(8-13)19-15(21)10-5-11(16)7-12(17)6-10/h2-8H,1H3,(H,18,20)(H,19,21). The van der Waals surface area contributed by atoms with Gasteiger partial charge in [-0.15, -0.1) is 0 Å². The average Bonchev–Trinajstić information content (AvgIpc) is 2.37. The number of benzene rings is 2. The lowest BCUT2D eigenvalue weighted by Crippen LogP contribution is -2.12. The molecule has 2 aromatic carbocycles. The first-order valence-electron chi connectivity index (χ1n) is 6.09. The van der Waals surface area contributed by atoms with Gasteiger partial charge in [-0.1, -0.05) is 33.6 Å². The highest BCUT2D eigenvalue weighted by Crippen LogP contribution is 2.21. The molecule has 4 nitrogen and oxygen atoms in total. The van der Waals surface area contributed by atoms with Crippen LogP contribution >= 0.6 is 27.5 Å². The Kier molecular flexibility index (Phi) is 4.98. The van der Waals surface area contributed by atoms with Crippen molar-refractivity contribution in [1.82, 2.24) is 0 Å². The van der Waals surface area contributed by atoms with Gasteiger partial charge >= 0.3 is 0 Å². The molecule has 0 spiro atoms. The highest BCUT2D eigenvalue weighted by molar-refractivity contribution is 9.10. The number of hydrogen-bond acceptors (Lipinski definition) is 2. The second kappa shape index (κ2) is 6.74. The molecule has 0 heterocycles. The molecule has 6 heteroatoms. The second-order valence-electron chi connectivity index (χ2n) is 4.37.